The van der Waals surface area contributed by atoms with Crippen LogP contribution in [0, 0.1) is 14.4 Å². The van der Waals surface area contributed by atoms with Crippen LogP contribution in [0.25, 0.3) is 0 Å². The number of hydrogen-bond donors (Lipinski definition) is 3. The van der Waals surface area contributed by atoms with Crippen LogP contribution in [0.15, 0.2) is 60.8 Å². The van der Waals surface area contributed by atoms with Crippen LogP contribution in [0.1, 0.15) is 56.8 Å². The maximum Gasteiger partial charge on any atom is 0.226 e. The van der Waals surface area contributed by atoms with E-state index < -0.39 is 5.41 Å². The first-order valence-corrected chi connectivity index (χ1v) is 11.7. The number of benzene rings is 2. The number of aromatic nitrogens is 2. The molecule has 0 aliphatic carbocycles. The van der Waals surface area contributed by atoms with Gasteiger partial charge in [-0.05, 0) is 80.0 Å². The van der Waals surface area contributed by atoms with Gasteiger partial charge in [-0.25, -0.2) is 4.68 Å². The van der Waals surface area contributed by atoms with Crippen LogP contribution in [0.3, 0.4) is 0 Å². The lowest BCUT2D eigenvalue weighted by molar-refractivity contribution is 0.263. The van der Waals surface area contributed by atoms with Crippen LogP contribution in [0.2, 0.25) is 0 Å². The van der Waals surface area contributed by atoms with Crippen molar-refractivity contribution in [1.29, 1.82) is 10.8 Å². The lowest BCUT2D eigenvalue weighted by atomic mass is 9.84. The summed E-state index contributed by atoms with van der Waals surface area (Å²) in [6, 6.07) is 18.4. The molecule has 0 amide bonds. The Kier molecular flexibility index (Phi) is 5.87. The van der Waals surface area contributed by atoms with E-state index in [1.807, 2.05) is 61.0 Å². The number of hydrogen-bond acceptors (Lipinski definition) is 5. The summed E-state index contributed by atoms with van der Waals surface area (Å²) in [5.74, 6) is 0.699. The van der Waals surface area contributed by atoms with Crippen molar-refractivity contribution < 1.29 is 4.74 Å². The van der Waals surface area contributed by atoms with Gasteiger partial charge in [0.25, 0.3) is 0 Å². The molecule has 0 bridgehead atoms. The van der Waals surface area contributed by atoms with Crippen LogP contribution in [-0.4, -0.2) is 21.6 Å². The van der Waals surface area contributed by atoms with Gasteiger partial charge in [0.2, 0.25) is 5.90 Å². The molecule has 3 N–H and O–H groups in total. The van der Waals surface area contributed by atoms with Crippen LogP contribution >= 0.6 is 22.6 Å². The summed E-state index contributed by atoms with van der Waals surface area (Å²) in [5.41, 5.74) is 1.83. The van der Waals surface area contributed by atoms with Gasteiger partial charge >= 0.3 is 0 Å². The van der Waals surface area contributed by atoms with E-state index in [9.17, 15) is 0 Å². The Bertz CT molecular complexity index is 1150. The highest BCUT2D eigenvalue weighted by Crippen LogP contribution is 2.40. The van der Waals surface area contributed by atoms with E-state index in [4.69, 9.17) is 15.6 Å². The first kappa shape index (κ1) is 22.5. The number of ether oxygens (including phenoxy) is 1. The smallest absolute Gasteiger partial charge is 0.226 e. The Labute approximate surface area is 202 Å². The fourth-order valence-electron chi connectivity index (χ4n) is 4.08. The van der Waals surface area contributed by atoms with Gasteiger partial charge in [-0.1, -0.05) is 42.5 Å². The van der Waals surface area contributed by atoms with E-state index in [-0.39, 0.29) is 23.4 Å². The van der Waals surface area contributed by atoms with Crippen molar-refractivity contribution in [1.82, 2.24) is 9.78 Å². The van der Waals surface area contributed by atoms with Crippen LogP contribution in [0.4, 0.5) is 5.82 Å². The predicted octanol–water partition coefficient (Wildman–Crippen LogP) is 6.08. The highest BCUT2D eigenvalue weighted by Gasteiger charge is 2.37. The van der Waals surface area contributed by atoms with E-state index in [1.165, 1.54) is 5.56 Å². The Morgan fingerprint density at radius 3 is 2.44 bits per heavy atom. The molecule has 3 aromatic rings. The molecular weight excluding hydrogens is 513 g/mol. The fraction of sp³-hybridized carbons (Fsp3) is 0.320. The molecule has 7 heteroatoms. The monoisotopic (exact) mass is 541 g/mol. The quantitative estimate of drug-likeness (QED) is 0.213. The molecule has 0 spiro atoms. The molecule has 4 rings (SSSR count). The third-order valence-electron chi connectivity index (χ3n) is 6.14. The van der Waals surface area contributed by atoms with E-state index >= 15 is 0 Å². The summed E-state index contributed by atoms with van der Waals surface area (Å²) in [5, 5.41) is 25.3. The Hall–Kier alpha value is -2.68. The summed E-state index contributed by atoms with van der Waals surface area (Å²) in [6.07, 6.45) is 2.53. The third-order valence-corrected chi connectivity index (χ3v) is 6.86. The molecule has 2 aromatic carbocycles. The lowest BCUT2D eigenvalue weighted by Gasteiger charge is -2.38. The molecule has 32 heavy (non-hydrogen) atoms. The van der Waals surface area contributed by atoms with Crippen LogP contribution < -0.4 is 5.32 Å². The Morgan fingerprint density at radius 2 is 1.78 bits per heavy atom. The Balaban J connectivity index is 1.59. The van der Waals surface area contributed by atoms with Crippen molar-refractivity contribution in [2.24, 2.45) is 0 Å². The summed E-state index contributed by atoms with van der Waals surface area (Å²) in [6.45, 7) is 8.17. The second kappa shape index (κ2) is 8.35. The first-order chi connectivity index (χ1) is 15.1. The minimum Gasteiger partial charge on any atom is -0.424 e. The summed E-state index contributed by atoms with van der Waals surface area (Å²) in [7, 11) is 0. The summed E-state index contributed by atoms with van der Waals surface area (Å²) in [4.78, 5) is 0. The van der Waals surface area contributed by atoms with Gasteiger partial charge in [0.05, 0.1) is 28.8 Å². The minimum absolute atomic E-state index is 0.0262. The van der Waals surface area contributed by atoms with Gasteiger partial charge in [0, 0.05) is 3.57 Å². The number of nitrogens with zero attached hydrogens (tertiary/aromatic N) is 2. The zero-order valence-electron chi connectivity index (χ0n) is 18.7. The molecule has 1 unspecified atom stereocenters. The summed E-state index contributed by atoms with van der Waals surface area (Å²) >= 11 is 2.26. The van der Waals surface area contributed by atoms with Gasteiger partial charge in [0.15, 0.2) is 5.90 Å². The molecule has 0 radical (unpaired) electrons. The van der Waals surface area contributed by atoms with Gasteiger partial charge in [-0.3, -0.25) is 10.8 Å². The van der Waals surface area contributed by atoms with Crippen molar-refractivity contribution >= 4 is 40.2 Å². The third kappa shape index (κ3) is 4.18. The molecule has 1 atom stereocenters. The molecule has 0 saturated heterocycles. The number of halogens is 1. The molecule has 1 aromatic heterocycles. The maximum absolute atomic E-state index is 8.64. The zero-order chi connectivity index (χ0) is 23.1. The maximum atomic E-state index is 8.64. The Morgan fingerprint density at radius 1 is 1.12 bits per heavy atom. The van der Waals surface area contributed by atoms with Crippen LogP contribution in [-0.2, 0) is 15.7 Å². The van der Waals surface area contributed by atoms with E-state index in [0.29, 0.717) is 5.56 Å². The average molecular weight is 541 g/mol. The van der Waals surface area contributed by atoms with Gasteiger partial charge in [-0.15, -0.1) is 0 Å². The number of nitrogens with one attached hydrogen (secondary N) is 3. The molecular formula is C25H28IN5O. The zero-order valence-corrected chi connectivity index (χ0v) is 20.9. The molecule has 1 aliphatic heterocycles. The van der Waals surface area contributed by atoms with Gasteiger partial charge in [0.1, 0.15) is 5.82 Å². The average Bonchev–Trinajstić information content (AvgIpc) is 3.19. The highest BCUT2D eigenvalue weighted by molar-refractivity contribution is 14.1. The SMILES string of the molecule is CC(C)(C(=N)OC(=N)c1cnn2c1NC(c1ccccc1)CC2(C)C)c1ccc(I)cc1. The predicted molar refractivity (Wildman–Crippen MR) is 137 cm³/mol. The largest absolute Gasteiger partial charge is 0.424 e. The fourth-order valence-corrected chi connectivity index (χ4v) is 4.44. The molecule has 6 nitrogen and oxygen atoms in total. The van der Waals surface area contributed by atoms with Crippen molar-refractivity contribution in [2.75, 3.05) is 5.32 Å². The molecule has 1 aliphatic rings. The highest BCUT2D eigenvalue weighted by atomic mass is 127. The van der Waals surface area contributed by atoms with Crippen molar-refractivity contribution in [3.05, 3.63) is 81.1 Å². The number of rotatable bonds is 4. The van der Waals surface area contributed by atoms with Crippen molar-refractivity contribution in [3.8, 4) is 0 Å². The van der Waals surface area contributed by atoms with E-state index in [2.05, 4.69) is 59.0 Å². The standard InChI is InChI=1S/C25H28IN5O/c1-24(2)14-20(16-8-6-5-7-9-16)30-22-19(15-29-31(22)24)21(27)32-23(28)25(3,4)17-10-12-18(26)13-11-17/h5-13,15,20,27-28,30H,14H2,1-4H3. The topological polar surface area (TPSA) is 86.8 Å². The van der Waals surface area contributed by atoms with Crippen molar-refractivity contribution in [2.45, 2.75) is 51.1 Å². The normalized spacial score (nSPS) is 17.2. The molecule has 2 heterocycles. The van der Waals surface area contributed by atoms with Gasteiger partial charge < -0.3 is 10.1 Å². The molecule has 0 saturated carbocycles. The number of fused-ring (bicyclic) bond motifs is 1. The molecule has 166 valence electrons. The van der Waals surface area contributed by atoms with E-state index in [1.54, 1.807) is 6.20 Å². The van der Waals surface area contributed by atoms with E-state index in [0.717, 1.165) is 21.4 Å². The minimum atomic E-state index is -0.664. The number of anilines is 1. The lowest BCUT2D eigenvalue weighted by Crippen LogP contribution is -2.38. The first-order valence-electron chi connectivity index (χ1n) is 10.6. The second-order valence-electron chi connectivity index (χ2n) is 9.34. The summed E-state index contributed by atoms with van der Waals surface area (Å²) < 4.78 is 8.85. The molecule has 0 fully saturated rings. The van der Waals surface area contributed by atoms with Gasteiger partial charge in [-0.2, -0.15) is 5.10 Å². The van der Waals surface area contributed by atoms with Crippen molar-refractivity contribution in [3.63, 3.8) is 0 Å². The second-order valence-corrected chi connectivity index (χ2v) is 10.6. The van der Waals surface area contributed by atoms with Crippen LogP contribution in [0.5, 0.6) is 0 Å².